The molecule has 30 heavy (non-hydrogen) atoms. The lowest BCUT2D eigenvalue weighted by atomic mass is 9.91. The van der Waals surface area contributed by atoms with Gasteiger partial charge in [0.15, 0.2) is 0 Å². The van der Waals surface area contributed by atoms with Crippen LogP contribution in [0.25, 0.3) is 0 Å². The zero-order chi connectivity index (χ0) is 21.1. The minimum Gasteiger partial charge on any atom is -0.457 e. The van der Waals surface area contributed by atoms with Crippen LogP contribution in [-0.2, 0) is 22.9 Å². The van der Waals surface area contributed by atoms with Gasteiger partial charge in [-0.1, -0.05) is 26.3 Å². The Bertz CT molecular complexity index is 964. The van der Waals surface area contributed by atoms with Gasteiger partial charge in [-0.2, -0.15) is 4.31 Å². The molecule has 0 spiro atoms. The summed E-state index contributed by atoms with van der Waals surface area (Å²) in [4.78, 5) is 2.95. The van der Waals surface area contributed by atoms with Crippen molar-refractivity contribution in [2.24, 2.45) is 0 Å². The van der Waals surface area contributed by atoms with Gasteiger partial charge in [0, 0.05) is 32.2 Å². The number of hydrogen-bond acceptors (Lipinski definition) is 4. The second kappa shape index (κ2) is 9.08. The molecule has 0 atom stereocenters. The molecular weight excluding hydrogens is 396 g/mol. The van der Waals surface area contributed by atoms with E-state index < -0.39 is 10.0 Å². The summed E-state index contributed by atoms with van der Waals surface area (Å²) in [5.74, 6) is 1.46. The van der Waals surface area contributed by atoms with Gasteiger partial charge in [0.2, 0.25) is 10.0 Å². The van der Waals surface area contributed by atoms with E-state index in [1.54, 1.807) is 24.3 Å². The Morgan fingerprint density at radius 2 is 1.57 bits per heavy atom. The quantitative estimate of drug-likeness (QED) is 0.653. The lowest BCUT2D eigenvalue weighted by Crippen LogP contribution is -2.41. The molecule has 1 heterocycles. The van der Waals surface area contributed by atoms with Crippen molar-refractivity contribution in [3.05, 3.63) is 53.6 Å². The Labute approximate surface area is 180 Å². The van der Waals surface area contributed by atoms with Gasteiger partial charge in [-0.25, -0.2) is 8.42 Å². The Balaban J connectivity index is 1.45. The molecule has 4 rings (SSSR count). The van der Waals surface area contributed by atoms with Gasteiger partial charge >= 0.3 is 0 Å². The van der Waals surface area contributed by atoms with E-state index in [0.29, 0.717) is 23.7 Å². The van der Waals surface area contributed by atoms with E-state index in [1.807, 2.05) is 19.9 Å². The highest BCUT2D eigenvalue weighted by Crippen LogP contribution is 2.30. The molecule has 1 aliphatic heterocycles. The molecule has 0 bridgehead atoms. The van der Waals surface area contributed by atoms with Crippen molar-refractivity contribution in [2.75, 3.05) is 26.2 Å². The average Bonchev–Trinajstić information content (AvgIpc) is 2.90. The van der Waals surface area contributed by atoms with Crippen molar-refractivity contribution in [1.82, 2.24) is 9.21 Å². The monoisotopic (exact) mass is 428 g/mol. The van der Waals surface area contributed by atoms with Crippen LogP contribution in [0.1, 0.15) is 44.2 Å². The maximum absolute atomic E-state index is 12.6. The summed E-state index contributed by atoms with van der Waals surface area (Å²) < 4.78 is 32.8. The maximum Gasteiger partial charge on any atom is 0.243 e. The summed E-state index contributed by atoms with van der Waals surface area (Å²) >= 11 is 0. The van der Waals surface area contributed by atoms with Crippen molar-refractivity contribution < 1.29 is 13.2 Å². The maximum atomic E-state index is 12.6. The zero-order valence-corrected chi connectivity index (χ0v) is 18.8. The Kier molecular flexibility index (Phi) is 6.46. The highest BCUT2D eigenvalue weighted by Gasteiger charge is 2.26. The van der Waals surface area contributed by atoms with Crippen molar-refractivity contribution in [1.29, 1.82) is 0 Å². The first-order chi connectivity index (χ1) is 14.5. The van der Waals surface area contributed by atoms with Crippen molar-refractivity contribution in [3.63, 3.8) is 0 Å². The molecule has 0 amide bonds. The van der Waals surface area contributed by atoms with Crippen LogP contribution in [0.3, 0.4) is 0 Å². The second-order valence-corrected chi connectivity index (χ2v) is 10.2. The molecule has 6 heteroatoms. The molecule has 1 fully saturated rings. The molecule has 1 aliphatic carbocycles. The van der Waals surface area contributed by atoms with Crippen LogP contribution >= 0.6 is 0 Å². The molecule has 2 aromatic rings. The van der Waals surface area contributed by atoms with Crippen LogP contribution in [0.4, 0.5) is 0 Å². The second-order valence-electron chi connectivity index (χ2n) is 8.21. The lowest BCUT2D eigenvalue weighted by molar-refractivity contribution is 0.133. The largest absolute Gasteiger partial charge is 0.457 e. The van der Waals surface area contributed by atoms with Crippen molar-refractivity contribution in [3.8, 4) is 11.5 Å². The normalized spacial score (nSPS) is 18.0. The van der Waals surface area contributed by atoms with Crippen LogP contribution in [0.5, 0.6) is 11.5 Å². The first kappa shape index (κ1) is 21.3. The summed E-state index contributed by atoms with van der Waals surface area (Å²) in [7, 11) is -3.44. The van der Waals surface area contributed by atoms with Crippen LogP contribution in [-0.4, -0.2) is 49.8 Å². The molecule has 0 N–H and O–H groups in total. The molecule has 1 saturated carbocycles. The van der Waals surface area contributed by atoms with Crippen LogP contribution in [0.15, 0.2) is 47.4 Å². The molecule has 0 saturated heterocycles. The Morgan fingerprint density at radius 3 is 2.17 bits per heavy atom. The summed E-state index contributed by atoms with van der Waals surface area (Å²) in [5.41, 5.74) is 2.79. The third-order valence-corrected chi connectivity index (χ3v) is 8.57. The standard InChI is InChI=1S/C24H32N2O3S/c1-3-26(4-2)30(27,28)24-12-10-22(11-13-24)29-23-9-8-19-14-16-25(21-6-5-7-21)17-15-20(19)18-23/h8-13,18,21H,3-7,14-17H2,1-2H3. The van der Waals surface area contributed by atoms with Gasteiger partial charge in [0.25, 0.3) is 0 Å². The zero-order valence-electron chi connectivity index (χ0n) is 18.0. The minimum atomic E-state index is -3.44. The van der Waals surface area contributed by atoms with Gasteiger partial charge < -0.3 is 4.74 Å². The first-order valence-corrected chi connectivity index (χ1v) is 12.6. The molecule has 0 aromatic heterocycles. The van der Waals surface area contributed by atoms with E-state index in [4.69, 9.17) is 4.74 Å². The minimum absolute atomic E-state index is 0.302. The van der Waals surface area contributed by atoms with Crippen LogP contribution in [0, 0.1) is 0 Å². The van der Waals surface area contributed by atoms with E-state index >= 15 is 0 Å². The molecule has 2 aliphatic rings. The number of hydrogen-bond donors (Lipinski definition) is 0. The molecule has 162 valence electrons. The average molecular weight is 429 g/mol. The third kappa shape index (κ3) is 4.41. The fraction of sp³-hybridized carbons (Fsp3) is 0.500. The molecule has 2 aromatic carbocycles. The summed E-state index contributed by atoms with van der Waals surface area (Å²) in [6.45, 7) is 6.90. The van der Waals surface area contributed by atoms with Crippen LogP contribution in [0.2, 0.25) is 0 Å². The Morgan fingerprint density at radius 1 is 0.933 bits per heavy atom. The molecule has 0 unspecified atom stereocenters. The summed E-state index contributed by atoms with van der Waals surface area (Å²) in [5, 5.41) is 0. The smallest absolute Gasteiger partial charge is 0.243 e. The van der Waals surface area contributed by atoms with Gasteiger partial charge in [-0.3, -0.25) is 4.90 Å². The highest BCUT2D eigenvalue weighted by atomic mass is 32.2. The van der Waals surface area contributed by atoms with E-state index in [1.165, 1.54) is 34.7 Å². The van der Waals surface area contributed by atoms with Crippen molar-refractivity contribution >= 4 is 10.0 Å². The van der Waals surface area contributed by atoms with E-state index in [2.05, 4.69) is 17.0 Å². The Hall–Kier alpha value is -1.89. The van der Waals surface area contributed by atoms with Gasteiger partial charge in [-0.05, 0) is 73.2 Å². The molecule has 0 radical (unpaired) electrons. The lowest BCUT2D eigenvalue weighted by Gasteiger charge is -2.36. The van der Waals surface area contributed by atoms with Gasteiger partial charge in [-0.15, -0.1) is 0 Å². The van der Waals surface area contributed by atoms with E-state index in [9.17, 15) is 8.42 Å². The highest BCUT2D eigenvalue weighted by molar-refractivity contribution is 7.89. The van der Waals surface area contributed by atoms with Gasteiger partial charge in [0.1, 0.15) is 11.5 Å². The predicted molar refractivity (Wildman–Crippen MR) is 120 cm³/mol. The first-order valence-electron chi connectivity index (χ1n) is 11.1. The van der Waals surface area contributed by atoms with E-state index in [-0.39, 0.29) is 0 Å². The number of benzene rings is 2. The fourth-order valence-electron chi connectivity index (χ4n) is 4.43. The summed E-state index contributed by atoms with van der Waals surface area (Å²) in [6, 6.07) is 13.9. The number of nitrogens with zero attached hydrogens (tertiary/aromatic N) is 2. The molecular formula is C24H32N2O3S. The SMILES string of the molecule is CCN(CC)S(=O)(=O)c1ccc(Oc2ccc3c(c2)CCN(C2CCC2)CC3)cc1. The predicted octanol–water partition coefficient (Wildman–Crippen LogP) is 4.46. The number of fused-ring (bicyclic) bond motifs is 1. The molecule has 5 nitrogen and oxygen atoms in total. The number of rotatable bonds is 7. The summed E-state index contributed by atoms with van der Waals surface area (Å²) in [6.07, 6.45) is 6.24. The fourth-order valence-corrected chi connectivity index (χ4v) is 5.89. The van der Waals surface area contributed by atoms with Gasteiger partial charge in [0.05, 0.1) is 4.90 Å². The number of sulfonamides is 1. The van der Waals surface area contributed by atoms with E-state index in [0.717, 1.165) is 37.7 Å². The number of ether oxygens (including phenoxy) is 1. The van der Waals surface area contributed by atoms with Crippen molar-refractivity contribution in [2.45, 2.75) is 56.9 Å². The topological polar surface area (TPSA) is 49.9 Å². The third-order valence-electron chi connectivity index (χ3n) is 6.51. The van der Waals surface area contributed by atoms with Crippen LogP contribution < -0.4 is 4.74 Å².